The van der Waals surface area contributed by atoms with E-state index in [1.165, 1.54) is 4.90 Å². The van der Waals surface area contributed by atoms with Crippen LogP contribution in [-0.4, -0.2) is 59.0 Å². The van der Waals surface area contributed by atoms with E-state index < -0.39 is 12.2 Å². The lowest BCUT2D eigenvalue weighted by Gasteiger charge is -2.21. The molecule has 2 rings (SSSR count). The van der Waals surface area contributed by atoms with E-state index in [4.69, 9.17) is 4.74 Å². The quantitative estimate of drug-likeness (QED) is 0.587. The molecular formula is C10H17NO4. The number of likely N-dealkylation sites (tertiary alicyclic amines) is 1. The third kappa shape index (κ3) is 2.00. The van der Waals surface area contributed by atoms with Crippen molar-refractivity contribution in [2.45, 2.75) is 31.7 Å². The molecule has 15 heavy (non-hydrogen) atoms. The molecule has 2 aliphatic rings. The second kappa shape index (κ2) is 4.08. The van der Waals surface area contributed by atoms with E-state index in [2.05, 4.69) is 0 Å². The van der Waals surface area contributed by atoms with E-state index in [1.54, 1.807) is 0 Å². The Labute approximate surface area is 88.6 Å². The summed E-state index contributed by atoms with van der Waals surface area (Å²) in [5.41, 5.74) is 0. The third-order valence-electron chi connectivity index (χ3n) is 3.20. The third-order valence-corrected chi connectivity index (χ3v) is 3.20. The van der Waals surface area contributed by atoms with E-state index in [1.807, 2.05) is 6.92 Å². The summed E-state index contributed by atoms with van der Waals surface area (Å²) in [7, 11) is 0. The Hall–Kier alpha value is -0.650. The molecule has 86 valence electrons. The van der Waals surface area contributed by atoms with Gasteiger partial charge in [-0.1, -0.05) is 6.92 Å². The zero-order valence-corrected chi connectivity index (χ0v) is 8.80. The van der Waals surface area contributed by atoms with Crippen molar-refractivity contribution in [3.05, 3.63) is 0 Å². The Morgan fingerprint density at radius 1 is 1.33 bits per heavy atom. The van der Waals surface area contributed by atoms with Crippen LogP contribution in [0.1, 0.15) is 13.3 Å². The molecule has 0 spiro atoms. The molecule has 2 N–H and O–H groups in total. The summed E-state index contributed by atoms with van der Waals surface area (Å²) in [5, 5.41) is 18.7. The number of aliphatic hydroxyl groups excluding tert-OH is 2. The van der Waals surface area contributed by atoms with Gasteiger partial charge < -0.3 is 19.8 Å². The van der Waals surface area contributed by atoms with Gasteiger partial charge in [0.05, 0.1) is 12.2 Å². The van der Waals surface area contributed by atoms with Crippen LogP contribution in [0.25, 0.3) is 0 Å². The predicted molar refractivity (Wildman–Crippen MR) is 52.1 cm³/mol. The predicted octanol–water partition coefficient (Wildman–Crippen LogP) is -1.02. The Bertz CT molecular complexity index is 248. The van der Waals surface area contributed by atoms with E-state index in [9.17, 15) is 15.0 Å². The van der Waals surface area contributed by atoms with Crippen molar-refractivity contribution < 1.29 is 19.7 Å². The van der Waals surface area contributed by atoms with Gasteiger partial charge in [-0.25, -0.2) is 0 Å². The Morgan fingerprint density at radius 3 is 2.40 bits per heavy atom. The Balaban J connectivity index is 1.97. The number of hydrogen-bond donors (Lipinski definition) is 2. The topological polar surface area (TPSA) is 70.0 Å². The van der Waals surface area contributed by atoms with E-state index in [0.717, 1.165) is 6.42 Å². The van der Waals surface area contributed by atoms with Crippen LogP contribution >= 0.6 is 0 Å². The molecule has 0 aliphatic carbocycles. The van der Waals surface area contributed by atoms with Crippen LogP contribution in [0.4, 0.5) is 0 Å². The fourth-order valence-corrected chi connectivity index (χ4v) is 2.14. The maximum absolute atomic E-state index is 11.9. The monoisotopic (exact) mass is 215 g/mol. The number of rotatable bonds is 1. The molecule has 2 unspecified atom stereocenters. The van der Waals surface area contributed by atoms with Gasteiger partial charge in [0.2, 0.25) is 0 Å². The van der Waals surface area contributed by atoms with Crippen LogP contribution in [0.15, 0.2) is 0 Å². The fraction of sp³-hybridized carbons (Fsp3) is 0.900. The number of carbonyl (C=O) groups excluding carboxylic acids is 1. The Kier molecular flexibility index (Phi) is 2.95. The van der Waals surface area contributed by atoms with E-state index in [0.29, 0.717) is 6.61 Å². The summed E-state index contributed by atoms with van der Waals surface area (Å²) >= 11 is 0. The molecule has 0 aromatic carbocycles. The number of ether oxygens (including phenoxy) is 1. The standard InChI is InChI=1S/C10H17NO4/c1-6-2-3-15-9(6)10(14)11-4-7(12)8(13)5-11/h6-9,12-13H,2-5H2,1H3/t6?,7-,8+,9?. The molecule has 0 aromatic heterocycles. The molecule has 0 radical (unpaired) electrons. The molecular weight excluding hydrogens is 198 g/mol. The van der Waals surface area contributed by atoms with Crippen LogP contribution in [0, 0.1) is 5.92 Å². The first-order valence-electron chi connectivity index (χ1n) is 5.36. The van der Waals surface area contributed by atoms with Gasteiger partial charge in [-0.2, -0.15) is 0 Å². The maximum Gasteiger partial charge on any atom is 0.252 e. The zero-order chi connectivity index (χ0) is 11.0. The average Bonchev–Trinajstić information content (AvgIpc) is 2.74. The van der Waals surface area contributed by atoms with Gasteiger partial charge in [0.15, 0.2) is 0 Å². The number of carbonyl (C=O) groups is 1. The molecule has 1 amide bonds. The van der Waals surface area contributed by atoms with Gasteiger partial charge in [-0.15, -0.1) is 0 Å². The highest BCUT2D eigenvalue weighted by Gasteiger charge is 2.39. The normalized spacial score (nSPS) is 41.1. The maximum atomic E-state index is 11.9. The van der Waals surface area contributed by atoms with Gasteiger partial charge in [-0.05, 0) is 12.3 Å². The van der Waals surface area contributed by atoms with Crippen molar-refractivity contribution in [1.29, 1.82) is 0 Å². The first-order chi connectivity index (χ1) is 7.09. The largest absolute Gasteiger partial charge is 0.388 e. The summed E-state index contributed by atoms with van der Waals surface area (Å²) in [6.45, 7) is 3.04. The number of hydrogen-bond acceptors (Lipinski definition) is 4. The van der Waals surface area contributed by atoms with Crippen molar-refractivity contribution in [2.24, 2.45) is 5.92 Å². The minimum absolute atomic E-state index is 0.101. The smallest absolute Gasteiger partial charge is 0.252 e. The van der Waals surface area contributed by atoms with Gasteiger partial charge in [-0.3, -0.25) is 4.79 Å². The molecule has 4 atom stereocenters. The average molecular weight is 215 g/mol. The van der Waals surface area contributed by atoms with Crippen molar-refractivity contribution in [1.82, 2.24) is 4.90 Å². The molecule has 2 aliphatic heterocycles. The zero-order valence-electron chi connectivity index (χ0n) is 8.80. The van der Waals surface area contributed by atoms with Gasteiger partial charge in [0.1, 0.15) is 6.10 Å². The van der Waals surface area contributed by atoms with Crippen molar-refractivity contribution >= 4 is 5.91 Å². The highest BCUT2D eigenvalue weighted by atomic mass is 16.5. The molecule has 2 heterocycles. The summed E-state index contributed by atoms with van der Waals surface area (Å²) in [5.74, 6) is 0.128. The van der Waals surface area contributed by atoms with Crippen LogP contribution in [-0.2, 0) is 9.53 Å². The SMILES string of the molecule is CC1CCOC1C(=O)N1C[C@@H](O)[C@@H](O)C1. The molecule has 5 nitrogen and oxygen atoms in total. The second-order valence-corrected chi connectivity index (χ2v) is 4.44. The van der Waals surface area contributed by atoms with Crippen molar-refractivity contribution in [3.63, 3.8) is 0 Å². The molecule has 2 fully saturated rings. The van der Waals surface area contributed by atoms with Crippen LogP contribution in [0.5, 0.6) is 0 Å². The van der Waals surface area contributed by atoms with Crippen LogP contribution < -0.4 is 0 Å². The van der Waals surface area contributed by atoms with Crippen LogP contribution in [0.3, 0.4) is 0 Å². The summed E-state index contributed by atoms with van der Waals surface area (Å²) in [6.07, 6.45) is -1.12. The lowest BCUT2D eigenvalue weighted by atomic mass is 10.0. The minimum Gasteiger partial charge on any atom is -0.388 e. The fourth-order valence-electron chi connectivity index (χ4n) is 2.14. The molecule has 2 saturated heterocycles. The number of nitrogens with zero attached hydrogens (tertiary/aromatic N) is 1. The highest BCUT2D eigenvalue weighted by Crippen LogP contribution is 2.23. The first kappa shape index (κ1) is 10.9. The second-order valence-electron chi connectivity index (χ2n) is 4.44. The summed E-state index contributed by atoms with van der Waals surface area (Å²) in [6, 6.07) is 0. The van der Waals surface area contributed by atoms with Crippen LogP contribution in [0.2, 0.25) is 0 Å². The number of amides is 1. The minimum atomic E-state index is -0.814. The highest BCUT2D eigenvalue weighted by molar-refractivity contribution is 5.82. The van der Waals surface area contributed by atoms with Gasteiger partial charge in [0.25, 0.3) is 5.91 Å². The van der Waals surface area contributed by atoms with Gasteiger partial charge >= 0.3 is 0 Å². The molecule has 0 bridgehead atoms. The Morgan fingerprint density at radius 2 is 1.93 bits per heavy atom. The molecule has 0 saturated carbocycles. The lowest BCUT2D eigenvalue weighted by molar-refractivity contribution is -0.141. The number of β-amino-alcohol motifs (C(OH)–C–C–N with tert-alkyl or cyclic N) is 2. The molecule has 5 heteroatoms. The summed E-state index contributed by atoms with van der Waals surface area (Å²) < 4.78 is 5.36. The first-order valence-corrected chi connectivity index (χ1v) is 5.36. The van der Waals surface area contributed by atoms with E-state index in [-0.39, 0.29) is 31.0 Å². The summed E-state index contributed by atoms with van der Waals surface area (Å²) in [4.78, 5) is 13.4. The van der Waals surface area contributed by atoms with Gasteiger partial charge in [0, 0.05) is 19.7 Å². The van der Waals surface area contributed by atoms with Crippen molar-refractivity contribution in [2.75, 3.05) is 19.7 Å². The van der Waals surface area contributed by atoms with Crippen molar-refractivity contribution in [3.8, 4) is 0 Å². The molecule has 0 aromatic rings. The van der Waals surface area contributed by atoms with E-state index >= 15 is 0 Å². The number of aliphatic hydroxyl groups is 2. The lowest BCUT2D eigenvalue weighted by Crippen LogP contribution is -2.40.